The first-order valence-electron chi connectivity index (χ1n) is 4.58. The SMILES string of the molecule is O/N=C\c1ccc(C#Cc2cccnc2)s1. The van der Waals surface area contributed by atoms with Crippen molar-refractivity contribution >= 4 is 17.6 Å². The van der Waals surface area contributed by atoms with E-state index < -0.39 is 0 Å². The molecule has 0 radical (unpaired) electrons. The maximum absolute atomic E-state index is 8.37. The first-order valence-corrected chi connectivity index (χ1v) is 5.39. The van der Waals surface area contributed by atoms with Gasteiger partial charge in [-0.25, -0.2) is 0 Å². The second-order valence-electron chi connectivity index (χ2n) is 2.94. The third kappa shape index (κ3) is 2.69. The number of aromatic nitrogens is 1. The van der Waals surface area contributed by atoms with E-state index in [9.17, 15) is 0 Å². The van der Waals surface area contributed by atoms with Crippen LogP contribution < -0.4 is 0 Å². The average molecular weight is 228 g/mol. The van der Waals surface area contributed by atoms with E-state index in [4.69, 9.17) is 5.21 Å². The highest BCUT2D eigenvalue weighted by atomic mass is 32.1. The Hall–Kier alpha value is -2.12. The van der Waals surface area contributed by atoms with E-state index >= 15 is 0 Å². The predicted molar refractivity (Wildman–Crippen MR) is 63.9 cm³/mol. The second-order valence-corrected chi connectivity index (χ2v) is 4.05. The fraction of sp³-hybridized carbons (Fsp3) is 0. The minimum atomic E-state index is 0.873. The molecule has 2 rings (SSSR count). The summed E-state index contributed by atoms with van der Waals surface area (Å²) >= 11 is 1.47. The molecule has 78 valence electrons. The Morgan fingerprint density at radius 3 is 3.00 bits per heavy atom. The van der Waals surface area contributed by atoms with Crippen molar-refractivity contribution in [2.45, 2.75) is 0 Å². The molecule has 0 aliphatic rings. The summed E-state index contributed by atoms with van der Waals surface area (Å²) in [6, 6.07) is 7.51. The molecule has 0 aliphatic heterocycles. The average Bonchev–Trinajstić information content (AvgIpc) is 2.76. The Labute approximate surface area is 97.1 Å². The molecule has 4 heteroatoms. The van der Waals surface area contributed by atoms with Gasteiger partial charge in [-0.1, -0.05) is 17.0 Å². The van der Waals surface area contributed by atoms with Gasteiger partial charge in [-0.15, -0.1) is 11.3 Å². The van der Waals surface area contributed by atoms with Gasteiger partial charge in [0.25, 0.3) is 0 Å². The lowest BCUT2D eigenvalue weighted by Crippen LogP contribution is -1.74. The van der Waals surface area contributed by atoms with Crippen LogP contribution in [0.1, 0.15) is 15.3 Å². The van der Waals surface area contributed by atoms with Crippen LogP contribution >= 0.6 is 11.3 Å². The van der Waals surface area contributed by atoms with E-state index in [0.717, 1.165) is 15.3 Å². The van der Waals surface area contributed by atoms with Gasteiger partial charge in [0, 0.05) is 22.8 Å². The smallest absolute Gasteiger partial charge is 0.0834 e. The maximum Gasteiger partial charge on any atom is 0.0834 e. The van der Waals surface area contributed by atoms with Gasteiger partial charge in [0.15, 0.2) is 0 Å². The fourth-order valence-electron chi connectivity index (χ4n) is 1.12. The van der Waals surface area contributed by atoms with Crippen LogP contribution in [0.3, 0.4) is 0 Å². The molecule has 0 amide bonds. The van der Waals surface area contributed by atoms with Crippen LogP contribution in [0.5, 0.6) is 0 Å². The van der Waals surface area contributed by atoms with Crippen molar-refractivity contribution in [2.75, 3.05) is 0 Å². The van der Waals surface area contributed by atoms with Crippen LogP contribution in [-0.4, -0.2) is 16.4 Å². The molecule has 16 heavy (non-hydrogen) atoms. The number of hydrogen-bond acceptors (Lipinski definition) is 4. The summed E-state index contributed by atoms with van der Waals surface area (Å²) in [5.74, 6) is 6.03. The van der Waals surface area contributed by atoms with Crippen molar-refractivity contribution in [3.63, 3.8) is 0 Å². The van der Waals surface area contributed by atoms with E-state index in [1.165, 1.54) is 17.6 Å². The molecule has 0 aromatic carbocycles. The first kappa shape index (κ1) is 10.4. The van der Waals surface area contributed by atoms with E-state index in [0.29, 0.717) is 0 Å². The zero-order chi connectivity index (χ0) is 11.2. The molecular formula is C12H8N2OS. The quantitative estimate of drug-likeness (QED) is 0.352. The lowest BCUT2D eigenvalue weighted by Gasteiger charge is -1.84. The van der Waals surface area contributed by atoms with E-state index in [-0.39, 0.29) is 0 Å². The summed E-state index contributed by atoms with van der Waals surface area (Å²) in [6.45, 7) is 0. The molecule has 0 saturated carbocycles. The zero-order valence-electron chi connectivity index (χ0n) is 8.29. The van der Waals surface area contributed by atoms with Crippen molar-refractivity contribution in [3.8, 4) is 11.8 Å². The van der Waals surface area contributed by atoms with Gasteiger partial charge in [-0.2, -0.15) is 0 Å². The lowest BCUT2D eigenvalue weighted by molar-refractivity contribution is 0.322. The molecule has 1 N–H and O–H groups in total. The Morgan fingerprint density at radius 1 is 1.31 bits per heavy atom. The largest absolute Gasteiger partial charge is 0.411 e. The molecule has 2 aromatic heterocycles. The molecule has 0 aliphatic carbocycles. The van der Waals surface area contributed by atoms with Crippen LogP contribution in [0.2, 0.25) is 0 Å². The first-order chi connectivity index (χ1) is 7.88. The number of nitrogens with zero attached hydrogens (tertiary/aromatic N) is 2. The van der Waals surface area contributed by atoms with Gasteiger partial charge in [-0.3, -0.25) is 4.98 Å². The Morgan fingerprint density at radius 2 is 2.25 bits per heavy atom. The molecule has 0 fully saturated rings. The Bertz CT molecular complexity index is 549. The summed E-state index contributed by atoms with van der Waals surface area (Å²) in [6.07, 6.45) is 4.82. The Balaban J connectivity index is 2.18. The minimum absolute atomic E-state index is 0.873. The molecule has 3 nitrogen and oxygen atoms in total. The third-order valence-electron chi connectivity index (χ3n) is 1.80. The normalized spacial score (nSPS) is 10.0. The van der Waals surface area contributed by atoms with E-state index in [1.54, 1.807) is 12.4 Å². The van der Waals surface area contributed by atoms with Crippen molar-refractivity contribution in [1.29, 1.82) is 0 Å². The molecule has 0 saturated heterocycles. The van der Waals surface area contributed by atoms with Gasteiger partial charge in [0.2, 0.25) is 0 Å². The third-order valence-corrected chi connectivity index (χ3v) is 2.74. The monoisotopic (exact) mass is 228 g/mol. The molecule has 0 atom stereocenters. The highest BCUT2D eigenvalue weighted by Gasteiger charge is 1.94. The van der Waals surface area contributed by atoms with Crippen LogP contribution in [-0.2, 0) is 0 Å². The highest BCUT2D eigenvalue weighted by Crippen LogP contribution is 2.13. The number of hydrogen-bond donors (Lipinski definition) is 1. The van der Waals surface area contributed by atoms with Crippen molar-refractivity contribution in [1.82, 2.24) is 4.98 Å². The number of rotatable bonds is 1. The number of thiophene rings is 1. The summed E-state index contributed by atoms with van der Waals surface area (Å²) in [5, 5.41) is 11.3. The van der Waals surface area contributed by atoms with Crippen molar-refractivity contribution < 1.29 is 5.21 Å². The highest BCUT2D eigenvalue weighted by molar-refractivity contribution is 7.14. The van der Waals surface area contributed by atoms with Crippen LogP contribution in [0.4, 0.5) is 0 Å². The van der Waals surface area contributed by atoms with E-state index in [1.807, 2.05) is 24.3 Å². The van der Waals surface area contributed by atoms with Crippen LogP contribution in [0.25, 0.3) is 0 Å². The fourth-order valence-corrected chi connectivity index (χ4v) is 1.84. The molecule has 0 spiro atoms. The van der Waals surface area contributed by atoms with Gasteiger partial charge < -0.3 is 5.21 Å². The number of pyridine rings is 1. The van der Waals surface area contributed by atoms with Gasteiger partial charge in [0.1, 0.15) is 0 Å². The number of oxime groups is 1. The summed E-state index contributed by atoms with van der Waals surface area (Å²) in [7, 11) is 0. The van der Waals surface area contributed by atoms with Crippen LogP contribution in [0, 0.1) is 11.8 Å². The van der Waals surface area contributed by atoms with Crippen molar-refractivity contribution in [2.24, 2.45) is 5.16 Å². The molecule has 2 heterocycles. The van der Waals surface area contributed by atoms with Gasteiger partial charge in [0.05, 0.1) is 11.1 Å². The standard InChI is InChI=1S/C12H8N2OS/c15-14-9-12-6-5-11(16-12)4-3-10-2-1-7-13-8-10/h1-2,5-9,15H/b14-9-. The van der Waals surface area contributed by atoms with E-state index in [2.05, 4.69) is 22.0 Å². The van der Waals surface area contributed by atoms with Gasteiger partial charge in [-0.05, 0) is 24.3 Å². The summed E-state index contributed by atoms with van der Waals surface area (Å²) < 4.78 is 0. The van der Waals surface area contributed by atoms with Crippen molar-refractivity contribution in [3.05, 3.63) is 52.0 Å². The zero-order valence-corrected chi connectivity index (χ0v) is 9.11. The lowest BCUT2D eigenvalue weighted by atomic mass is 10.3. The second kappa shape index (κ2) is 5.10. The minimum Gasteiger partial charge on any atom is -0.411 e. The molecule has 0 bridgehead atoms. The summed E-state index contributed by atoms with van der Waals surface area (Å²) in [5.41, 5.74) is 0.883. The topological polar surface area (TPSA) is 45.5 Å². The molecule has 0 unspecified atom stereocenters. The van der Waals surface area contributed by atoms with Gasteiger partial charge >= 0.3 is 0 Å². The predicted octanol–water partition coefficient (Wildman–Crippen LogP) is 2.35. The Kier molecular flexibility index (Phi) is 3.31. The molecule has 2 aromatic rings. The summed E-state index contributed by atoms with van der Waals surface area (Å²) in [4.78, 5) is 5.78. The molecular weight excluding hydrogens is 220 g/mol. The maximum atomic E-state index is 8.37. The van der Waals surface area contributed by atoms with Crippen LogP contribution in [0.15, 0.2) is 41.8 Å².